The zero-order valence-corrected chi connectivity index (χ0v) is 20.8. The molecular formula is C25H33N5O4. The summed E-state index contributed by atoms with van der Waals surface area (Å²) >= 11 is 0. The van der Waals surface area contributed by atoms with Gasteiger partial charge in [-0.2, -0.15) is 4.98 Å². The highest BCUT2D eigenvalue weighted by Gasteiger charge is 2.29. The molecule has 0 aliphatic carbocycles. The molecule has 3 aliphatic heterocycles. The molecule has 0 unspecified atom stereocenters. The van der Waals surface area contributed by atoms with Crippen LogP contribution >= 0.6 is 0 Å². The van der Waals surface area contributed by atoms with E-state index in [0.717, 1.165) is 47.1 Å². The molecule has 0 aromatic heterocycles. The molecule has 3 heterocycles. The lowest BCUT2D eigenvalue weighted by Gasteiger charge is -2.32. The number of carbonyl (C=O) groups excluding carboxylic acids is 1. The van der Waals surface area contributed by atoms with E-state index in [9.17, 15) is 14.4 Å². The molecule has 0 N–H and O–H groups in total. The topological polar surface area (TPSA) is 99.3 Å². The number of hydrogen-bond acceptors (Lipinski definition) is 7. The molecule has 0 saturated carbocycles. The molecule has 3 aliphatic rings. The largest absolute Gasteiger partial charge is 0.460 e. The highest BCUT2D eigenvalue weighted by Crippen LogP contribution is 2.25. The molecule has 4 rings (SSSR count). The number of aryl methyl sites for hydroxylation is 2. The maximum atomic E-state index is 12.8. The predicted octanol–water partition coefficient (Wildman–Crippen LogP) is 2.27. The van der Waals surface area contributed by atoms with Crippen molar-refractivity contribution in [2.75, 3.05) is 19.6 Å². The minimum Gasteiger partial charge on any atom is -0.460 e. The number of ether oxygens (including phenoxy) is 1. The number of nitrogens with zero attached hydrogens (tertiary/aromatic N) is 5. The van der Waals surface area contributed by atoms with E-state index in [1.165, 1.54) is 7.05 Å². The van der Waals surface area contributed by atoms with Crippen LogP contribution in [0.3, 0.4) is 0 Å². The van der Waals surface area contributed by atoms with E-state index in [-0.39, 0.29) is 17.6 Å². The van der Waals surface area contributed by atoms with Crippen LogP contribution in [0, 0.1) is 19.8 Å². The summed E-state index contributed by atoms with van der Waals surface area (Å²) in [5, 5.41) is 0. The molecule has 34 heavy (non-hydrogen) atoms. The molecule has 0 amide bonds. The van der Waals surface area contributed by atoms with Crippen LogP contribution in [0.2, 0.25) is 0 Å². The van der Waals surface area contributed by atoms with Crippen LogP contribution in [0.5, 0.6) is 0 Å². The lowest BCUT2D eigenvalue weighted by Crippen LogP contribution is -2.40. The third kappa shape index (κ3) is 4.75. The third-order valence-corrected chi connectivity index (χ3v) is 6.54. The first kappa shape index (κ1) is 24.1. The highest BCUT2D eigenvalue weighted by molar-refractivity contribution is 5.81. The second kappa shape index (κ2) is 8.94. The van der Waals surface area contributed by atoms with Crippen molar-refractivity contribution in [3.63, 3.8) is 0 Å². The number of piperidine rings is 1. The quantitative estimate of drug-likeness (QED) is 0.429. The molecule has 9 nitrogen and oxygen atoms in total. The van der Waals surface area contributed by atoms with Crippen LogP contribution in [-0.2, 0) is 23.1 Å². The maximum absolute atomic E-state index is 12.8. The van der Waals surface area contributed by atoms with Crippen LogP contribution in [-0.4, -0.2) is 55.2 Å². The fourth-order valence-corrected chi connectivity index (χ4v) is 4.42. The number of fused-ring (bicyclic) bond motifs is 2. The van der Waals surface area contributed by atoms with Gasteiger partial charge in [0.15, 0.2) is 11.5 Å². The SMILES string of the molecule is Cc1cc2nc3c(=O)n(C)c(=O)nc-3n(CCN3CCC(C(=O)OC(C)(C)C)CC3)c2cc1C. The number of carbonyl (C=O) groups is 1. The zero-order valence-electron chi connectivity index (χ0n) is 20.8. The van der Waals surface area contributed by atoms with Gasteiger partial charge >= 0.3 is 11.7 Å². The second-order valence-electron chi connectivity index (χ2n) is 10.3. The van der Waals surface area contributed by atoms with Gasteiger partial charge in [0.05, 0.1) is 17.0 Å². The third-order valence-electron chi connectivity index (χ3n) is 6.54. The van der Waals surface area contributed by atoms with Gasteiger partial charge in [0, 0.05) is 20.1 Å². The predicted molar refractivity (Wildman–Crippen MR) is 130 cm³/mol. The van der Waals surface area contributed by atoms with Crippen LogP contribution < -0.4 is 11.2 Å². The van der Waals surface area contributed by atoms with E-state index >= 15 is 0 Å². The van der Waals surface area contributed by atoms with Crippen molar-refractivity contribution in [3.05, 3.63) is 44.1 Å². The van der Waals surface area contributed by atoms with E-state index in [1.807, 2.05) is 51.3 Å². The van der Waals surface area contributed by atoms with E-state index in [4.69, 9.17) is 4.74 Å². The minimum absolute atomic E-state index is 0.0796. The van der Waals surface area contributed by atoms with Gasteiger partial charge in [-0.25, -0.2) is 9.78 Å². The van der Waals surface area contributed by atoms with Crippen molar-refractivity contribution in [1.82, 2.24) is 24.0 Å². The number of benzene rings is 1. The average molecular weight is 468 g/mol. The first-order chi connectivity index (χ1) is 15.9. The first-order valence-corrected chi connectivity index (χ1v) is 11.8. The summed E-state index contributed by atoms with van der Waals surface area (Å²) in [5.74, 6) is 0.109. The Balaban J connectivity index is 1.60. The second-order valence-corrected chi connectivity index (χ2v) is 10.3. The number of aromatic nitrogens is 4. The molecule has 9 heteroatoms. The fourth-order valence-electron chi connectivity index (χ4n) is 4.42. The number of rotatable bonds is 4. The van der Waals surface area contributed by atoms with E-state index < -0.39 is 16.9 Å². The molecule has 1 aromatic rings. The fraction of sp³-hybridized carbons (Fsp3) is 0.560. The monoisotopic (exact) mass is 467 g/mol. The van der Waals surface area contributed by atoms with Gasteiger partial charge in [0.1, 0.15) is 5.60 Å². The number of esters is 1. The highest BCUT2D eigenvalue weighted by atomic mass is 16.6. The van der Waals surface area contributed by atoms with Crippen molar-refractivity contribution < 1.29 is 9.53 Å². The first-order valence-electron chi connectivity index (χ1n) is 11.8. The molecule has 0 radical (unpaired) electrons. The van der Waals surface area contributed by atoms with Crippen LogP contribution in [0.4, 0.5) is 0 Å². The van der Waals surface area contributed by atoms with Gasteiger partial charge in [0.2, 0.25) is 0 Å². The lowest BCUT2D eigenvalue weighted by atomic mass is 9.96. The van der Waals surface area contributed by atoms with E-state index in [2.05, 4.69) is 14.9 Å². The van der Waals surface area contributed by atoms with E-state index in [1.54, 1.807) is 0 Å². The van der Waals surface area contributed by atoms with Crippen molar-refractivity contribution in [2.24, 2.45) is 13.0 Å². The summed E-state index contributed by atoms with van der Waals surface area (Å²) in [5.41, 5.74) is 2.43. The molecule has 1 aromatic carbocycles. The van der Waals surface area contributed by atoms with Gasteiger partial charge in [-0.1, -0.05) is 0 Å². The number of likely N-dealkylation sites (tertiary alicyclic amines) is 1. The Labute approximate surface area is 198 Å². The summed E-state index contributed by atoms with van der Waals surface area (Å²) in [6.07, 6.45) is 1.50. The van der Waals surface area contributed by atoms with Crippen molar-refractivity contribution in [2.45, 2.75) is 59.6 Å². The Hall–Kier alpha value is -3.07. The molecule has 0 atom stereocenters. The van der Waals surface area contributed by atoms with E-state index in [0.29, 0.717) is 24.4 Å². The molecule has 1 saturated heterocycles. The summed E-state index contributed by atoms with van der Waals surface area (Å²) in [6, 6.07) is 4.01. The van der Waals surface area contributed by atoms with Crippen LogP contribution in [0.15, 0.2) is 21.7 Å². The van der Waals surface area contributed by atoms with Crippen molar-refractivity contribution in [3.8, 4) is 11.5 Å². The molecule has 0 bridgehead atoms. The number of hydrogen-bond donors (Lipinski definition) is 0. The molecular weight excluding hydrogens is 434 g/mol. The Bertz CT molecular complexity index is 1330. The molecule has 0 spiro atoms. The van der Waals surface area contributed by atoms with Gasteiger partial charge in [-0.05, 0) is 83.8 Å². The van der Waals surface area contributed by atoms with Gasteiger partial charge in [-0.3, -0.25) is 14.2 Å². The zero-order chi connectivity index (χ0) is 24.8. The standard InChI is InChI=1S/C25H33N5O4/c1-15-13-18-19(14-16(15)2)30(21-20(26-18)22(31)28(6)24(33)27-21)12-11-29-9-7-17(8-10-29)23(32)34-25(3,4)5/h13-14,17H,7-12H2,1-6H3. The lowest BCUT2D eigenvalue weighted by molar-refractivity contribution is -0.161. The Morgan fingerprint density at radius 1 is 1.06 bits per heavy atom. The van der Waals surface area contributed by atoms with Crippen molar-refractivity contribution in [1.29, 1.82) is 0 Å². The maximum Gasteiger partial charge on any atom is 0.352 e. The smallest absolute Gasteiger partial charge is 0.352 e. The Morgan fingerprint density at radius 2 is 1.71 bits per heavy atom. The van der Waals surface area contributed by atoms with Crippen LogP contribution in [0.25, 0.3) is 22.6 Å². The normalized spacial score (nSPS) is 15.8. The van der Waals surface area contributed by atoms with Gasteiger partial charge in [-0.15, -0.1) is 0 Å². The van der Waals surface area contributed by atoms with Crippen molar-refractivity contribution >= 4 is 17.0 Å². The summed E-state index contributed by atoms with van der Waals surface area (Å²) in [6.45, 7) is 12.5. The van der Waals surface area contributed by atoms with Gasteiger partial charge in [0.25, 0.3) is 5.56 Å². The molecule has 1 fully saturated rings. The summed E-state index contributed by atoms with van der Waals surface area (Å²) < 4.78 is 8.48. The van der Waals surface area contributed by atoms with Crippen LogP contribution in [0.1, 0.15) is 44.7 Å². The average Bonchev–Trinajstić information content (AvgIpc) is 2.76. The summed E-state index contributed by atoms with van der Waals surface area (Å²) in [4.78, 5) is 48.6. The Morgan fingerprint density at radius 3 is 2.35 bits per heavy atom. The molecule has 182 valence electrons. The van der Waals surface area contributed by atoms with Gasteiger partial charge < -0.3 is 14.2 Å². The minimum atomic E-state index is -0.589. The summed E-state index contributed by atoms with van der Waals surface area (Å²) in [7, 11) is 1.42. The Kier molecular flexibility index (Phi) is 6.33.